The van der Waals surface area contributed by atoms with Crippen LogP contribution in [-0.4, -0.2) is 38.0 Å². The molecule has 3 rings (SSSR count). The Balaban J connectivity index is 2.20. The molecule has 1 aliphatic heterocycles. The predicted molar refractivity (Wildman–Crippen MR) is 107 cm³/mol. The maximum atomic E-state index is 12.9. The van der Waals surface area contributed by atoms with Gasteiger partial charge in [0.05, 0.1) is 5.69 Å². The van der Waals surface area contributed by atoms with E-state index in [0.29, 0.717) is 10.9 Å². The molecule has 0 radical (unpaired) electrons. The molecular weight excluding hydrogens is 447 g/mol. The molecule has 2 aromatic carbocycles. The van der Waals surface area contributed by atoms with Crippen LogP contribution in [0.15, 0.2) is 30.3 Å². The van der Waals surface area contributed by atoms with Crippen molar-refractivity contribution >= 4 is 44.3 Å². The van der Waals surface area contributed by atoms with Crippen molar-refractivity contribution in [1.82, 2.24) is 0 Å². The van der Waals surface area contributed by atoms with Gasteiger partial charge >= 0.3 is 21.7 Å². The zero-order valence-electron chi connectivity index (χ0n) is 16.3. The zero-order chi connectivity index (χ0) is 22.5. The van der Waals surface area contributed by atoms with Crippen LogP contribution in [0.5, 0.6) is 5.75 Å². The van der Waals surface area contributed by atoms with Gasteiger partial charge in [-0.05, 0) is 31.7 Å². The first-order chi connectivity index (χ1) is 13.7. The quantitative estimate of drug-likeness (QED) is 0.356. The highest BCUT2D eigenvalue weighted by Crippen LogP contribution is 2.46. The molecule has 0 aromatic heterocycles. The van der Waals surface area contributed by atoms with Gasteiger partial charge < -0.3 is 8.92 Å². The summed E-state index contributed by atoms with van der Waals surface area (Å²) in [5.41, 5.74) is -5.60. The second-order valence-corrected chi connectivity index (χ2v) is 9.62. The number of amides is 1. The number of hydrogen-bond donors (Lipinski definition) is 0. The van der Waals surface area contributed by atoms with Crippen LogP contribution in [0.1, 0.15) is 32.3 Å². The Morgan fingerprint density at radius 3 is 2.33 bits per heavy atom. The maximum Gasteiger partial charge on any atom is 0.534 e. The fraction of sp³-hybridized carbons (Fsp3) is 0.421. The highest BCUT2D eigenvalue weighted by molar-refractivity contribution is 7.88. The third-order valence-corrected chi connectivity index (χ3v) is 5.75. The molecule has 0 N–H and O–H groups in total. The van der Waals surface area contributed by atoms with Crippen molar-refractivity contribution in [3.8, 4) is 5.75 Å². The van der Waals surface area contributed by atoms with Gasteiger partial charge in [0.2, 0.25) is 0 Å². The average molecular weight is 466 g/mol. The number of fused-ring (bicyclic) bond motifs is 3. The van der Waals surface area contributed by atoms with E-state index in [0.717, 1.165) is 6.07 Å². The molecule has 0 saturated carbocycles. The van der Waals surface area contributed by atoms with Crippen LogP contribution < -0.4 is 9.08 Å². The van der Waals surface area contributed by atoms with E-state index < -0.39 is 33.1 Å². The van der Waals surface area contributed by atoms with Crippen molar-refractivity contribution in [3.05, 3.63) is 35.9 Å². The lowest BCUT2D eigenvalue weighted by Crippen LogP contribution is -2.36. The van der Waals surface area contributed by atoms with E-state index in [9.17, 15) is 26.4 Å². The maximum absolute atomic E-state index is 12.9. The second kappa shape index (κ2) is 7.49. The van der Waals surface area contributed by atoms with Gasteiger partial charge in [-0.3, -0.25) is 4.90 Å². The molecule has 0 fully saturated rings. The third-order valence-electron chi connectivity index (χ3n) is 4.41. The minimum Gasteiger partial charge on any atom is -0.443 e. The number of benzene rings is 2. The lowest BCUT2D eigenvalue weighted by atomic mass is 9.95. The van der Waals surface area contributed by atoms with Crippen LogP contribution in [-0.2, 0) is 14.9 Å². The van der Waals surface area contributed by atoms with Crippen LogP contribution in [0, 0.1) is 0 Å². The van der Waals surface area contributed by atoms with Crippen LogP contribution in [0.2, 0.25) is 0 Å². The summed E-state index contributed by atoms with van der Waals surface area (Å²) in [4.78, 5) is 13.9. The Morgan fingerprint density at radius 1 is 1.20 bits per heavy atom. The summed E-state index contributed by atoms with van der Waals surface area (Å²) in [7, 11) is -5.91. The minimum absolute atomic E-state index is 0.132. The number of rotatable bonds is 3. The standard InChI is InChI=1S/C19H19ClF3NO5S/c1-18(2,3)28-17(25)24-10-11(9-20)16-13-7-5-4-6-12(13)15(8-14(16)24)29-30(26,27)19(21,22)23/h4-8,11H,9-10H2,1-3H3/t11-/m1/s1. The van der Waals surface area contributed by atoms with Crippen LogP contribution in [0.4, 0.5) is 23.7 Å². The summed E-state index contributed by atoms with van der Waals surface area (Å²) in [6.45, 7) is 5.15. The third kappa shape index (κ3) is 4.15. The summed E-state index contributed by atoms with van der Waals surface area (Å²) >= 11 is 6.09. The second-order valence-electron chi connectivity index (χ2n) is 7.78. The van der Waals surface area contributed by atoms with Gasteiger partial charge in [0.15, 0.2) is 5.75 Å². The molecule has 0 bridgehead atoms. The monoisotopic (exact) mass is 465 g/mol. The van der Waals surface area contributed by atoms with E-state index in [2.05, 4.69) is 4.18 Å². The fourth-order valence-electron chi connectivity index (χ4n) is 3.26. The normalized spacial score (nSPS) is 17.2. The van der Waals surface area contributed by atoms with E-state index in [1.807, 2.05) is 0 Å². The number of ether oxygens (including phenoxy) is 1. The minimum atomic E-state index is -5.91. The summed E-state index contributed by atoms with van der Waals surface area (Å²) in [5, 5.41) is 0.601. The average Bonchev–Trinajstić information content (AvgIpc) is 2.98. The Kier molecular flexibility index (Phi) is 5.61. The lowest BCUT2D eigenvalue weighted by molar-refractivity contribution is -0.0499. The number of carbonyl (C=O) groups excluding carboxylic acids is 1. The van der Waals surface area contributed by atoms with Gasteiger partial charge in [0, 0.05) is 29.8 Å². The largest absolute Gasteiger partial charge is 0.534 e. The molecule has 164 valence electrons. The number of alkyl halides is 4. The van der Waals surface area contributed by atoms with Gasteiger partial charge in [0.1, 0.15) is 5.60 Å². The molecule has 1 atom stereocenters. The summed E-state index contributed by atoms with van der Waals surface area (Å²) in [5.74, 6) is -0.727. The number of halogens is 4. The Hall–Kier alpha value is -2.20. The van der Waals surface area contributed by atoms with Crippen molar-refractivity contribution in [1.29, 1.82) is 0 Å². The van der Waals surface area contributed by atoms with E-state index >= 15 is 0 Å². The van der Waals surface area contributed by atoms with Crippen LogP contribution in [0.3, 0.4) is 0 Å². The molecular formula is C19H19ClF3NO5S. The molecule has 1 amide bonds. The smallest absolute Gasteiger partial charge is 0.443 e. The van der Waals surface area contributed by atoms with Gasteiger partial charge in [-0.25, -0.2) is 4.79 Å². The molecule has 0 unspecified atom stereocenters. The molecule has 1 heterocycles. The Bertz CT molecular complexity index is 1100. The number of anilines is 1. The topological polar surface area (TPSA) is 72.9 Å². The molecule has 30 heavy (non-hydrogen) atoms. The Morgan fingerprint density at radius 2 is 1.80 bits per heavy atom. The first kappa shape index (κ1) is 22.5. The summed E-state index contributed by atoms with van der Waals surface area (Å²) in [6.07, 6.45) is -0.726. The van der Waals surface area contributed by atoms with Gasteiger partial charge in [-0.1, -0.05) is 24.3 Å². The summed E-state index contributed by atoms with van der Waals surface area (Å²) < 4.78 is 71.7. The van der Waals surface area contributed by atoms with E-state index in [-0.39, 0.29) is 29.4 Å². The highest BCUT2D eigenvalue weighted by Gasteiger charge is 2.49. The van der Waals surface area contributed by atoms with E-state index in [1.54, 1.807) is 32.9 Å². The number of nitrogens with zero attached hydrogens (tertiary/aromatic N) is 1. The van der Waals surface area contributed by atoms with Crippen LogP contribution in [0.25, 0.3) is 10.8 Å². The number of hydrogen-bond acceptors (Lipinski definition) is 5. The van der Waals surface area contributed by atoms with E-state index in [1.165, 1.54) is 17.0 Å². The predicted octanol–water partition coefficient (Wildman–Crippen LogP) is 5.15. The Labute approximate surface area is 176 Å². The molecule has 6 nitrogen and oxygen atoms in total. The van der Waals surface area contributed by atoms with Crippen molar-refractivity contribution < 1.29 is 35.3 Å². The lowest BCUT2D eigenvalue weighted by Gasteiger charge is -2.25. The van der Waals surface area contributed by atoms with Gasteiger partial charge in [-0.2, -0.15) is 21.6 Å². The van der Waals surface area contributed by atoms with Gasteiger partial charge in [-0.15, -0.1) is 11.6 Å². The van der Waals surface area contributed by atoms with Crippen LogP contribution >= 0.6 is 11.6 Å². The molecule has 1 aliphatic rings. The molecule has 11 heteroatoms. The SMILES string of the molecule is CC(C)(C)OC(=O)N1C[C@@H](CCl)c2c1cc(OS(=O)(=O)C(F)(F)F)c1ccccc21. The molecule has 0 aliphatic carbocycles. The molecule has 0 spiro atoms. The number of carbonyl (C=O) groups is 1. The fourth-order valence-corrected chi connectivity index (χ4v) is 3.98. The first-order valence-electron chi connectivity index (χ1n) is 8.88. The van der Waals surface area contributed by atoms with Crippen molar-refractivity contribution in [2.45, 2.75) is 37.8 Å². The summed E-state index contributed by atoms with van der Waals surface area (Å²) in [6, 6.07) is 7.35. The van der Waals surface area contributed by atoms with Gasteiger partial charge in [0.25, 0.3) is 0 Å². The van der Waals surface area contributed by atoms with Crippen molar-refractivity contribution in [3.63, 3.8) is 0 Å². The molecule has 0 saturated heterocycles. The highest BCUT2D eigenvalue weighted by atomic mass is 35.5. The van der Waals surface area contributed by atoms with Crippen molar-refractivity contribution in [2.24, 2.45) is 0 Å². The van der Waals surface area contributed by atoms with Crippen molar-refractivity contribution in [2.75, 3.05) is 17.3 Å². The molecule has 2 aromatic rings. The first-order valence-corrected chi connectivity index (χ1v) is 10.8. The van der Waals surface area contributed by atoms with E-state index in [4.69, 9.17) is 16.3 Å². The zero-order valence-corrected chi connectivity index (χ0v) is 17.9.